The van der Waals surface area contributed by atoms with Gasteiger partial charge in [0.05, 0.1) is 12.8 Å². The summed E-state index contributed by atoms with van der Waals surface area (Å²) in [6.45, 7) is -0.959. The molecule has 8 bridgehead atoms. The molecule has 4 saturated carbocycles. The van der Waals surface area contributed by atoms with Crippen LogP contribution in [0.5, 0.6) is 0 Å². The number of rotatable bonds is 12. The number of likely N-dealkylation sites (N-methyl/N-ethyl adjacent to an activating group) is 4. The Morgan fingerprint density at radius 3 is 0.920 bits per heavy atom. The third kappa shape index (κ3) is 16.4. The minimum absolute atomic E-state index is 0.106. The average Bonchev–Trinajstić information content (AvgIpc) is 0.744. The highest BCUT2D eigenvalue weighted by molar-refractivity contribution is 6.25. The van der Waals surface area contributed by atoms with Gasteiger partial charge in [-0.1, -0.05) is 196 Å². The maximum absolute atomic E-state index is 15.3. The molecule has 20 heteroatoms. The van der Waals surface area contributed by atoms with Gasteiger partial charge in [-0.3, -0.25) is 47.9 Å². The fourth-order valence-electron chi connectivity index (χ4n) is 19.0. The molecule has 20 nitrogen and oxygen atoms in total. The SMILES string of the molecule is CN1C(=O)[C@@H](COC(=O)Cc2ccc3ccc4cccc5ccc2c3c45)NC(=O)[C@@H]2CCC[C@@H](C2)N(C)C(=O)[C@@H](Cc2ccccc2)NC(=O)[C@@H]2CCC[C@@H](C2)N(C)C(=O)[C@@H](COC(=O)Cc2ccc3ccc4cccc5ccc2c3c45)NC(=O)[C@@H]2CCC[C@@H](C2)N(C)C(=O)[C@@H](Cc2ccccc2)NC(=O)[C@@H]2CCC[C@H]1C2. The van der Waals surface area contributed by atoms with Gasteiger partial charge >= 0.3 is 11.9 Å². The molecule has 112 heavy (non-hydrogen) atoms. The monoisotopic (exact) mass is 1510 g/mol. The van der Waals surface area contributed by atoms with E-state index in [4.69, 9.17) is 9.47 Å². The Labute approximate surface area is 652 Å². The van der Waals surface area contributed by atoms with E-state index in [1.807, 2.05) is 109 Å². The lowest BCUT2D eigenvalue weighted by Crippen LogP contribution is -2.57. The highest BCUT2D eigenvalue weighted by Gasteiger charge is 2.43. The standard InChI is InChI=1S/C92H100N8O12/c1-97-69-29-15-27-67(49-69)87(105)95-77(53-111-79(101)51-63-39-37-61-35-33-57-21-11-23-59-41-43-73(63)83(61)81(57)59)91(109)100(4)72-32-14-26-66(48-72)86(104)94-76(46-56-19-9-6-10-20-56)90(108)98(2)70-30-16-28-68(50-70)88(106)96-78(54-112-80(102)52-64-40-38-62-36-34-58-22-12-24-60-42-44-74(64)84(62)82(58)60)92(110)99(3)71-31-13-25-65(47-71)85(103)93-75(89(97)107)45-55-17-7-5-8-18-55/h5-12,17-24,33-44,65-72,75-78H,13-16,25-32,45-54H2,1-4H3,(H,93,103)(H,94,104)(H,95,105)(H,96,106)/t65-,66-,67-,68-,69+,70+,71+,72+,75-,76-,77-,78-/m1/s1. The second-order valence-corrected chi connectivity index (χ2v) is 32.4. The second-order valence-electron chi connectivity index (χ2n) is 32.4. The maximum atomic E-state index is 15.3. The van der Waals surface area contributed by atoms with Crippen LogP contribution < -0.4 is 21.3 Å². The molecule has 1 aliphatic heterocycles. The van der Waals surface area contributed by atoms with Crippen LogP contribution in [0.3, 0.4) is 0 Å². The number of nitrogens with zero attached hydrogens (tertiary/aromatic N) is 4. The Bertz CT molecular complexity index is 4840. The van der Waals surface area contributed by atoms with Crippen molar-refractivity contribution < 1.29 is 57.4 Å². The zero-order valence-electron chi connectivity index (χ0n) is 64.3. The van der Waals surface area contributed by atoms with Crippen LogP contribution in [0.2, 0.25) is 0 Å². The molecule has 580 valence electrons. The first kappa shape index (κ1) is 76.4. The zero-order valence-corrected chi connectivity index (χ0v) is 64.3. The maximum Gasteiger partial charge on any atom is 0.310 e. The Morgan fingerprint density at radius 1 is 0.321 bits per heavy atom. The topological polar surface area (TPSA) is 250 Å². The van der Waals surface area contributed by atoms with Gasteiger partial charge in [-0.2, -0.15) is 0 Å². The molecule has 8 amide bonds. The summed E-state index contributed by atoms with van der Waals surface area (Å²) in [5.41, 5.74) is 3.13. The van der Waals surface area contributed by atoms with Crippen molar-refractivity contribution in [2.75, 3.05) is 41.4 Å². The molecule has 0 unspecified atom stereocenters. The Hall–Kier alpha value is -11.0. The fourth-order valence-corrected chi connectivity index (χ4v) is 19.0. The number of hydrogen-bond acceptors (Lipinski definition) is 12. The van der Waals surface area contributed by atoms with Gasteiger partial charge in [0.15, 0.2) is 0 Å². The van der Waals surface area contributed by atoms with Gasteiger partial charge < -0.3 is 50.3 Å². The molecular weight excluding hydrogens is 1410 g/mol. The lowest BCUT2D eigenvalue weighted by atomic mass is 9.83. The van der Waals surface area contributed by atoms with E-state index in [0.717, 1.165) is 86.9 Å². The van der Waals surface area contributed by atoms with Crippen LogP contribution in [0, 0.1) is 23.7 Å². The molecule has 1 heterocycles. The normalized spacial score (nSPS) is 25.4. The predicted molar refractivity (Wildman–Crippen MR) is 432 cm³/mol. The second kappa shape index (κ2) is 33.5. The van der Waals surface area contributed by atoms with Gasteiger partial charge in [-0.15, -0.1) is 0 Å². The number of hydrogen-bond donors (Lipinski definition) is 4. The van der Waals surface area contributed by atoms with E-state index >= 15 is 28.8 Å². The summed E-state index contributed by atoms with van der Waals surface area (Å²) in [4.78, 5) is 156. The molecule has 0 spiro atoms. The van der Waals surface area contributed by atoms with Crippen LogP contribution in [0.15, 0.2) is 170 Å². The Kier molecular flexibility index (Phi) is 22.8. The first-order chi connectivity index (χ1) is 54.3. The number of esters is 2. The zero-order chi connectivity index (χ0) is 77.8. The van der Waals surface area contributed by atoms with Crippen molar-refractivity contribution >= 4 is 124 Å². The van der Waals surface area contributed by atoms with Crippen LogP contribution in [-0.4, -0.2) is 169 Å². The van der Waals surface area contributed by atoms with E-state index < -0.39 is 121 Å². The molecule has 5 aliphatic rings. The number of fused-ring (bicyclic) bond motifs is 8. The quantitative estimate of drug-likeness (QED) is 0.0658. The van der Waals surface area contributed by atoms with E-state index in [2.05, 4.69) is 81.9 Å². The van der Waals surface area contributed by atoms with E-state index in [1.165, 1.54) is 0 Å². The molecule has 4 N–H and O–H groups in total. The molecule has 4 aliphatic carbocycles. The van der Waals surface area contributed by atoms with Crippen molar-refractivity contribution in [1.82, 2.24) is 40.9 Å². The van der Waals surface area contributed by atoms with Crippen molar-refractivity contribution in [3.05, 3.63) is 192 Å². The van der Waals surface area contributed by atoms with Crippen LogP contribution >= 0.6 is 0 Å². The highest BCUT2D eigenvalue weighted by atomic mass is 16.5. The highest BCUT2D eigenvalue weighted by Crippen LogP contribution is 2.40. The van der Waals surface area contributed by atoms with E-state index in [9.17, 15) is 19.2 Å². The molecule has 0 radical (unpaired) electrons. The summed E-state index contributed by atoms with van der Waals surface area (Å²) in [7, 11) is 6.70. The van der Waals surface area contributed by atoms with Crippen LogP contribution in [0.4, 0.5) is 0 Å². The number of amides is 8. The smallest absolute Gasteiger partial charge is 0.310 e. The first-order valence-electron chi connectivity index (χ1n) is 40.3. The molecule has 10 aromatic rings. The minimum atomic E-state index is -1.34. The van der Waals surface area contributed by atoms with Gasteiger partial charge in [0.1, 0.15) is 37.4 Å². The summed E-state index contributed by atoms with van der Waals surface area (Å²) in [5, 5.41) is 24.9. The number of ether oxygens (including phenoxy) is 2. The van der Waals surface area contributed by atoms with E-state index in [1.54, 1.807) is 47.8 Å². The van der Waals surface area contributed by atoms with Crippen molar-refractivity contribution in [3.8, 4) is 0 Å². The van der Waals surface area contributed by atoms with E-state index in [-0.39, 0.29) is 75.0 Å². The number of carbonyl (C=O) groups is 10. The Morgan fingerprint density at radius 2 is 0.598 bits per heavy atom. The lowest BCUT2D eigenvalue weighted by Gasteiger charge is -2.39. The van der Waals surface area contributed by atoms with Gasteiger partial charge in [0.25, 0.3) is 0 Å². The number of benzene rings is 10. The molecule has 1 saturated heterocycles. The molecule has 12 atom stereocenters. The summed E-state index contributed by atoms with van der Waals surface area (Å²) in [6, 6.07) is 48.9. The van der Waals surface area contributed by atoms with Crippen LogP contribution in [0.25, 0.3) is 64.6 Å². The summed E-state index contributed by atoms with van der Waals surface area (Å²) in [5.74, 6) is -7.07. The molecule has 10 aromatic carbocycles. The number of carbonyl (C=O) groups excluding carboxylic acids is 10. The lowest BCUT2D eigenvalue weighted by molar-refractivity contribution is -0.149. The van der Waals surface area contributed by atoms with Crippen molar-refractivity contribution in [2.45, 2.75) is 177 Å². The fraction of sp³-hybridized carbons (Fsp3) is 0.413. The van der Waals surface area contributed by atoms with Crippen LogP contribution in [-0.2, 0) is 83.1 Å². The summed E-state index contributed by atoms with van der Waals surface area (Å²) >= 11 is 0. The third-order valence-corrected chi connectivity index (χ3v) is 25.4. The van der Waals surface area contributed by atoms with Crippen LogP contribution in [0.1, 0.15) is 125 Å². The molecule has 0 aromatic heterocycles. The minimum Gasteiger partial charge on any atom is -0.463 e. The largest absolute Gasteiger partial charge is 0.463 e. The summed E-state index contributed by atoms with van der Waals surface area (Å²) < 4.78 is 12.2. The van der Waals surface area contributed by atoms with Crippen molar-refractivity contribution in [2.24, 2.45) is 23.7 Å². The van der Waals surface area contributed by atoms with Gasteiger partial charge in [-0.05, 0) is 164 Å². The van der Waals surface area contributed by atoms with Gasteiger partial charge in [0.2, 0.25) is 47.3 Å². The average molecular weight is 1510 g/mol. The first-order valence-corrected chi connectivity index (χ1v) is 40.3. The van der Waals surface area contributed by atoms with Crippen molar-refractivity contribution in [1.29, 1.82) is 0 Å². The summed E-state index contributed by atoms with van der Waals surface area (Å²) in [6.07, 6.45) is 7.38. The molecular formula is C92H100N8O12. The number of nitrogens with one attached hydrogen (secondary N) is 4. The van der Waals surface area contributed by atoms with Gasteiger partial charge in [0, 0.05) is 88.9 Å². The third-order valence-electron chi connectivity index (χ3n) is 25.4. The molecule has 15 rings (SSSR count). The van der Waals surface area contributed by atoms with E-state index in [0.29, 0.717) is 77.0 Å². The predicted octanol–water partition coefficient (Wildman–Crippen LogP) is 11.9. The molecule has 5 fully saturated rings. The Balaban J connectivity index is 0.706. The van der Waals surface area contributed by atoms with Gasteiger partial charge in [-0.25, -0.2) is 0 Å². The van der Waals surface area contributed by atoms with Crippen molar-refractivity contribution in [3.63, 3.8) is 0 Å².